The van der Waals surface area contributed by atoms with E-state index in [4.69, 9.17) is 11.6 Å². The third-order valence-electron chi connectivity index (χ3n) is 4.83. The lowest BCUT2D eigenvalue weighted by Gasteiger charge is -2.32. The molecule has 1 aliphatic rings. The first-order valence-electron chi connectivity index (χ1n) is 9.32. The van der Waals surface area contributed by atoms with Crippen molar-refractivity contribution in [1.82, 2.24) is 4.90 Å². The number of quaternary nitrogens is 1. The molecule has 0 bridgehead atoms. The molecule has 2 aromatic carbocycles. The minimum absolute atomic E-state index is 0.0627. The molecule has 7 heteroatoms. The van der Waals surface area contributed by atoms with E-state index < -0.39 is 0 Å². The van der Waals surface area contributed by atoms with E-state index in [2.05, 4.69) is 11.6 Å². The number of thioether (sulfide) groups is 1. The second-order valence-electron chi connectivity index (χ2n) is 6.88. The van der Waals surface area contributed by atoms with Crippen LogP contribution < -0.4 is 10.2 Å². The Balaban J connectivity index is 1.48. The van der Waals surface area contributed by atoms with Crippen LogP contribution in [0.4, 0.5) is 5.69 Å². The van der Waals surface area contributed by atoms with Gasteiger partial charge in [-0.05, 0) is 36.1 Å². The molecule has 5 nitrogen and oxygen atoms in total. The highest BCUT2D eigenvalue weighted by atomic mass is 35.5. The minimum atomic E-state index is -0.0627. The molecule has 0 unspecified atom stereocenters. The highest BCUT2D eigenvalue weighted by Gasteiger charge is 2.26. The number of anilines is 1. The van der Waals surface area contributed by atoms with Crippen molar-refractivity contribution in [3.8, 4) is 0 Å². The molecule has 0 aromatic heterocycles. The Kier molecular flexibility index (Phi) is 7.36. The van der Waals surface area contributed by atoms with Crippen molar-refractivity contribution in [3.05, 3.63) is 64.7 Å². The second-order valence-corrected chi connectivity index (χ2v) is 8.15. The largest absolute Gasteiger partial charge is 0.327 e. The highest BCUT2D eigenvalue weighted by Crippen LogP contribution is 2.20. The summed E-state index contributed by atoms with van der Waals surface area (Å²) >= 11 is 7.85. The van der Waals surface area contributed by atoms with E-state index in [1.54, 1.807) is 23.9 Å². The fraction of sp³-hybridized carbons (Fsp3) is 0.333. The van der Waals surface area contributed by atoms with Crippen LogP contribution in [0.15, 0.2) is 48.5 Å². The van der Waals surface area contributed by atoms with Gasteiger partial charge in [0.2, 0.25) is 0 Å². The van der Waals surface area contributed by atoms with Gasteiger partial charge in [-0.1, -0.05) is 35.9 Å². The molecule has 0 aliphatic carbocycles. The van der Waals surface area contributed by atoms with Gasteiger partial charge in [-0.2, -0.15) is 11.8 Å². The summed E-state index contributed by atoms with van der Waals surface area (Å²) in [5.74, 6) is 0.953. The van der Waals surface area contributed by atoms with Gasteiger partial charge in [0.1, 0.15) is 0 Å². The Morgan fingerprint density at radius 2 is 1.79 bits per heavy atom. The average molecular weight is 419 g/mol. The Labute approximate surface area is 175 Å². The number of carbonyl (C=O) groups is 2. The molecule has 2 amide bonds. The molecule has 1 aliphatic heterocycles. The minimum Gasteiger partial charge on any atom is -0.327 e. The molecule has 1 saturated heterocycles. The van der Waals surface area contributed by atoms with E-state index in [0.29, 0.717) is 30.3 Å². The fourth-order valence-electron chi connectivity index (χ4n) is 3.28. The van der Waals surface area contributed by atoms with Crippen molar-refractivity contribution in [1.29, 1.82) is 0 Å². The summed E-state index contributed by atoms with van der Waals surface area (Å²) in [4.78, 5) is 28.0. The Morgan fingerprint density at radius 3 is 2.43 bits per heavy atom. The summed E-state index contributed by atoms with van der Waals surface area (Å²) in [5, 5.41) is 3.39. The number of benzene rings is 2. The number of carbonyl (C=O) groups excluding carboxylic acids is 2. The standard InChI is InChI=1S/C21H24ClN3O2S/c1-28-15-16-6-8-17(9-7-16)21(27)25-12-10-24(11-13-25)14-20(26)23-19-5-3-2-4-18(19)22/h2-9H,10-15H2,1H3,(H,23,26)/p+1. The average Bonchev–Trinajstić information content (AvgIpc) is 2.71. The molecule has 0 saturated carbocycles. The first-order chi connectivity index (χ1) is 13.6. The van der Waals surface area contributed by atoms with E-state index in [0.717, 1.165) is 24.4 Å². The highest BCUT2D eigenvalue weighted by molar-refractivity contribution is 7.97. The summed E-state index contributed by atoms with van der Waals surface area (Å²) in [7, 11) is 0. The van der Waals surface area contributed by atoms with Gasteiger partial charge in [0.15, 0.2) is 6.54 Å². The molecule has 0 spiro atoms. The maximum absolute atomic E-state index is 12.7. The number of para-hydroxylation sites is 1. The number of nitrogens with one attached hydrogen (secondary N) is 2. The van der Waals surface area contributed by atoms with Crippen molar-refractivity contribution in [3.63, 3.8) is 0 Å². The molecule has 0 atom stereocenters. The molecule has 1 fully saturated rings. The summed E-state index contributed by atoms with van der Waals surface area (Å²) < 4.78 is 0. The summed E-state index contributed by atoms with van der Waals surface area (Å²) in [6, 6.07) is 15.1. The second kappa shape index (κ2) is 9.96. The van der Waals surface area contributed by atoms with E-state index in [1.165, 1.54) is 10.5 Å². The van der Waals surface area contributed by atoms with Crippen LogP contribution in [0.2, 0.25) is 5.02 Å². The van der Waals surface area contributed by atoms with E-state index in [1.807, 2.05) is 41.3 Å². The number of hydrogen-bond acceptors (Lipinski definition) is 3. The summed E-state index contributed by atoms with van der Waals surface area (Å²) in [5.41, 5.74) is 2.58. The summed E-state index contributed by atoms with van der Waals surface area (Å²) in [6.07, 6.45) is 2.07. The lowest BCUT2D eigenvalue weighted by molar-refractivity contribution is -0.895. The van der Waals surface area contributed by atoms with Gasteiger partial charge < -0.3 is 15.1 Å². The predicted molar refractivity (Wildman–Crippen MR) is 115 cm³/mol. The molecule has 2 aromatic rings. The van der Waals surface area contributed by atoms with Crippen LogP contribution in [-0.2, 0) is 10.5 Å². The van der Waals surface area contributed by atoms with Gasteiger partial charge in [-0.3, -0.25) is 9.59 Å². The number of nitrogens with zero attached hydrogens (tertiary/aromatic N) is 1. The Hall–Kier alpha value is -2.02. The van der Waals surface area contributed by atoms with Crippen molar-refractivity contribution >= 4 is 40.9 Å². The first-order valence-corrected chi connectivity index (χ1v) is 11.1. The molecule has 2 N–H and O–H groups in total. The SMILES string of the molecule is CSCc1ccc(C(=O)N2CC[NH+](CC(=O)Nc3ccccc3Cl)CC2)cc1. The van der Waals surface area contributed by atoms with Gasteiger partial charge in [0, 0.05) is 11.3 Å². The van der Waals surface area contributed by atoms with Gasteiger partial charge >= 0.3 is 0 Å². The van der Waals surface area contributed by atoms with Crippen molar-refractivity contribution < 1.29 is 14.5 Å². The van der Waals surface area contributed by atoms with Crippen molar-refractivity contribution in [2.75, 3.05) is 44.3 Å². The number of halogens is 1. The molecular formula is C21H25ClN3O2S+. The van der Waals surface area contributed by atoms with E-state index >= 15 is 0 Å². The zero-order valence-electron chi connectivity index (χ0n) is 15.9. The topological polar surface area (TPSA) is 53.9 Å². The molecule has 3 rings (SSSR count). The smallest absolute Gasteiger partial charge is 0.279 e. The number of hydrogen-bond donors (Lipinski definition) is 2. The van der Waals surface area contributed by atoms with Gasteiger partial charge in [0.05, 0.1) is 36.9 Å². The Bertz CT molecular complexity index is 821. The lowest BCUT2D eigenvalue weighted by Crippen LogP contribution is -3.15. The van der Waals surface area contributed by atoms with Gasteiger partial charge in [-0.15, -0.1) is 0 Å². The van der Waals surface area contributed by atoms with Gasteiger partial charge in [0.25, 0.3) is 11.8 Å². The van der Waals surface area contributed by atoms with Crippen LogP contribution in [0, 0.1) is 0 Å². The fourth-order valence-corrected chi connectivity index (χ4v) is 3.99. The number of piperazine rings is 1. The zero-order valence-corrected chi connectivity index (χ0v) is 17.5. The molecule has 148 valence electrons. The number of amides is 2. The lowest BCUT2D eigenvalue weighted by atomic mass is 10.1. The van der Waals surface area contributed by atoms with Crippen molar-refractivity contribution in [2.24, 2.45) is 0 Å². The van der Waals surface area contributed by atoms with E-state index in [-0.39, 0.29) is 11.8 Å². The molecular weight excluding hydrogens is 394 g/mol. The van der Waals surface area contributed by atoms with Gasteiger partial charge in [-0.25, -0.2) is 0 Å². The Morgan fingerprint density at radius 1 is 1.11 bits per heavy atom. The third-order valence-corrected chi connectivity index (χ3v) is 5.78. The van der Waals surface area contributed by atoms with Crippen LogP contribution in [-0.4, -0.2) is 55.7 Å². The molecule has 1 heterocycles. The zero-order chi connectivity index (χ0) is 19.9. The van der Waals surface area contributed by atoms with E-state index in [9.17, 15) is 9.59 Å². The maximum atomic E-state index is 12.7. The van der Waals surface area contributed by atoms with Crippen LogP contribution in [0.3, 0.4) is 0 Å². The van der Waals surface area contributed by atoms with Crippen molar-refractivity contribution in [2.45, 2.75) is 5.75 Å². The van der Waals surface area contributed by atoms with Crippen LogP contribution >= 0.6 is 23.4 Å². The quantitative estimate of drug-likeness (QED) is 0.756. The maximum Gasteiger partial charge on any atom is 0.279 e. The van der Waals surface area contributed by atoms with Crippen LogP contribution in [0.25, 0.3) is 0 Å². The third kappa shape index (κ3) is 5.50. The van der Waals surface area contributed by atoms with Crippen LogP contribution in [0.5, 0.6) is 0 Å². The number of rotatable bonds is 6. The predicted octanol–water partition coefficient (Wildman–Crippen LogP) is 2.18. The molecule has 0 radical (unpaired) electrons. The monoisotopic (exact) mass is 418 g/mol. The first kappa shape index (κ1) is 20.7. The van der Waals surface area contributed by atoms with Crippen LogP contribution in [0.1, 0.15) is 15.9 Å². The molecule has 28 heavy (non-hydrogen) atoms. The summed E-state index contributed by atoms with van der Waals surface area (Å²) in [6.45, 7) is 3.19. The normalized spacial score (nSPS) is 14.7.